The van der Waals surface area contributed by atoms with Crippen LogP contribution in [0.2, 0.25) is 0 Å². The van der Waals surface area contributed by atoms with Crippen LogP contribution in [-0.2, 0) is 18.5 Å². The lowest BCUT2D eigenvalue weighted by Crippen LogP contribution is -2.37. The first kappa shape index (κ1) is 20.0. The van der Waals surface area contributed by atoms with Crippen molar-refractivity contribution < 1.29 is 9.90 Å². The van der Waals surface area contributed by atoms with E-state index in [4.69, 9.17) is 4.98 Å². The van der Waals surface area contributed by atoms with E-state index in [9.17, 15) is 14.7 Å². The highest BCUT2D eigenvalue weighted by molar-refractivity contribution is 5.94. The molecule has 0 unspecified atom stereocenters. The number of pyridine rings is 1. The molecule has 0 amide bonds. The fourth-order valence-corrected chi connectivity index (χ4v) is 5.29. The van der Waals surface area contributed by atoms with E-state index in [0.29, 0.717) is 13.0 Å². The molecular weight excluding hydrogens is 392 g/mol. The predicted octanol–water partition coefficient (Wildman–Crippen LogP) is 3.88. The van der Waals surface area contributed by atoms with Gasteiger partial charge in [-0.25, -0.2) is 4.98 Å². The Kier molecular flexibility index (Phi) is 4.91. The Morgan fingerprint density at radius 3 is 2.58 bits per heavy atom. The summed E-state index contributed by atoms with van der Waals surface area (Å²) < 4.78 is 3.89. The van der Waals surface area contributed by atoms with Crippen molar-refractivity contribution in [1.29, 1.82) is 0 Å². The molecule has 5 rings (SSSR count). The highest BCUT2D eigenvalue weighted by atomic mass is 16.3. The first-order valence-corrected chi connectivity index (χ1v) is 11.3. The van der Waals surface area contributed by atoms with Crippen LogP contribution in [-0.4, -0.2) is 30.2 Å². The van der Waals surface area contributed by atoms with Crippen molar-refractivity contribution in [2.75, 3.05) is 0 Å². The second-order valence-corrected chi connectivity index (χ2v) is 9.16. The Morgan fingerprint density at radius 1 is 1.00 bits per heavy atom. The number of nitrogens with zero attached hydrogens (tertiary/aromatic N) is 4. The van der Waals surface area contributed by atoms with Crippen molar-refractivity contribution in [3.05, 3.63) is 51.7 Å². The van der Waals surface area contributed by atoms with Crippen LogP contribution >= 0.6 is 0 Å². The molecule has 0 aromatic carbocycles. The summed E-state index contributed by atoms with van der Waals surface area (Å²) in [5.41, 5.74) is 2.19. The van der Waals surface area contributed by atoms with Crippen LogP contribution in [0.15, 0.2) is 29.3 Å². The fraction of sp³-hybridized carbons (Fsp3) is 0.500. The molecule has 1 N–H and O–H groups in total. The fourth-order valence-electron chi connectivity index (χ4n) is 5.29. The van der Waals surface area contributed by atoms with E-state index in [0.717, 1.165) is 61.7 Å². The van der Waals surface area contributed by atoms with Gasteiger partial charge < -0.3 is 9.67 Å². The number of Topliss-reactive ketones (excluding diaryl/α,β-unsaturated/α-hetero) is 1. The Labute approximate surface area is 180 Å². The van der Waals surface area contributed by atoms with Gasteiger partial charge in [-0.2, -0.15) is 5.10 Å². The summed E-state index contributed by atoms with van der Waals surface area (Å²) in [5, 5.41) is 15.8. The first-order chi connectivity index (χ1) is 15.0. The minimum Gasteiger partial charge on any atom is -0.503 e. The van der Waals surface area contributed by atoms with Crippen LogP contribution < -0.4 is 5.43 Å². The van der Waals surface area contributed by atoms with Crippen molar-refractivity contribution in [2.45, 2.75) is 76.8 Å². The van der Waals surface area contributed by atoms with Crippen molar-refractivity contribution in [3.8, 4) is 5.75 Å². The van der Waals surface area contributed by atoms with Gasteiger partial charge in [0.2, 0.25) is 0 Å². The summed E-state index contributed by atoms with van der Waals surface area (Å²) in [4.78, 5) is 30.2. The first-order valence-electron chi connectivity index (χ1n) is 11.3. The molecule has 1 fully saturated rings. The summed E-state index contributed by atoms with van der Waals surface area (Å²) in [6, 6.07) is 4.29. The Morgan fingerprint density at radius 2 is 1.77 bits per heavy atom. The molecule has 1 saturated carbocycles. The summed E-state index contributed by atoms with van der Waals surface area (Å²) >= 11 is 0. The zero-order valence-electron chi connectivity index (χ0n) is 17.9. The standard InChI is InChI=1S/C24H28N4O3/c1-16-13-28-23-18(16)10-9-17(25-23)7-3-2-4-8-19(29)21-22(31)20(30)14-27(26-21)15-24(28)11-5-6-12-24/h9-10,13-14,30H,2-8,11-12,15H2,1H3. The lowest BCUT2D eigenvalue weighted by Gasteiger charge is -2.32. The number of hydrogen-bond acceptors (Lipinski definition) is 5. The quantitative estimate of drug-likeness (QED) is 0.596. The van der Waals surface area contributed by atoms with E-state index in [1.165, 1.54) is 11.8 Å². The Hall–Kier alpha value is -2.96. The summed E-state index contributed by atoms with van der Waals surface area (Å²) in [6.07, 6.45) is 11.3. The van der Waals surface area contributed by atoms with Crippen molar-refractivity contribution in [2.24, 2.45) is 0 Å². The normalized spacial score (nSPS) is 19.1. The van der Waals surface area contributed by atoms with Crippen molar-refractivity contribution >= 4 is 16.8 Å². The molecule has 4 bridgehead atoms. The van der Waals surface area contributed by atoms with Crippen LogP contribution in [0.4, 0.5) is 0 Å². The third-order valence-corrected chi connectivity index (χ3v) is 6.96. The lowest BCUT2D eigenvalue weighted by atomic mass is 9.97. The van der Waals surface area contributed by atoms with E-state index >= 15 is 0 Å². The molecule has 1 aliphatic carbocycles. The Bertz CT molecular complexity index is 1220. The van der Waals surface area contributed by atoms with E-state index in [1.54, 1.807) is 4.68 Å². The number of aromatic nitrogens is 4. The molecule has 3 aromatic heterocycles. The molecule has 1 spiro atoms. The van der Waals surface area contributed by atoms with Gasteiger partial charge in [0.15, 0.2) is 17.2 Å². The van der Waals surface area contributed by atoms with Gasteiger partial charge in [0.1, 0.15) is 5.65 Å². The van der Waals surface area contributed by atoms with Crippen LogP contribution in [0.25, 0.3) is 11.0 Å². The molecule has 4 heterocycles. The van der Waals surface area contributed by atoms with Gasteiger partial charge in [-0.1, -0.05) is 19.3 Å². The number of rotatable bonds is 0. The molecule has 3 aromatic rings. The molecule has 0 saturated heterocycles. The maximum atomic E-state index is 12.7. The third kappa shape index (κ3) is 3.46. The molecule has 0 radical (unpaired) electrons. The smallest absolute Gasteiger partial charge is 0.252 e. The van der Waals surface area contributed by atoms with Gasteiger partial charge in [-0.3, -0.25) is 14.3 Å². The summed E-state index contributed by atoms with van der Waals surface area (Å²) in [7, 11) is 0. The average molecular weight is 421 g/mol. The monoisotopic (exact) mass is 420 g/mol. The maximum absolute atomic E-state index is 12.7. The van der Waals surface area contributed by atoms with Gasteiger partial charge in [0.25, 0.3) is 5.43 Å². The van der Waals surface area contributed by atoms with Gasteiger partial charge >= 0.3 is 0 Å². The number of hydrogen-bond donors (Lipinski definition) is 1. The molecule has 0 atom stereocenters. The van der Waals surface area contributed by atoms with E-state index < -0.39 is 11.2 Å². The molecular formula is C24H28N4O3. The lowest BCUT2D eigenvalue weighted by molar-refractivity contribution is 0.0968. The van der Waals surface area contributed by atoms with Crippen LogP contribution in [0.3, 0.4) is 0 Å². The number of carbonyl (C=O) groups is 1. The number of fused-ring (bicyclic) bond motifs is 4. The van der Waals surface area contributed by atoms with E-state index in [-0.39, 0.29) is 23.4 Å². The molecule has 7 nitrogen and oxygen atoms in total. The van der Waals surface area contributed by atoms with Crippen molar-refractivity contribution in [1.82, 2.24) is 19.3 Å². The molecule has 162 valence electrons. The molecule has 2 aliphatic rings. The maximum Gasteiger partial charge on any atom is 0.252 e. The number of carbonyl (C=O) groups excluding carboxylic acids is 1. The zero-order valence-corrected chi connectivity index (χ0v) is 17.9. The Balaban J connectivity index is 1.70. The summed E-state index contributed by atoms with van der Waals surface area (Å²) in [5.74, 6) is -0.701. The SMILES string of the molecule is Cc1cn2c3nc(ccc13)CCCCCC(=O)c1nn(cc(O)c1=O)CC21CCCC1. The number of ketones is 1. The van der Waals surface area contributed by atoms with Gasteiger partial charge in [0, 0.05) is 23.7 Å². The minimum absolute atomic E-state index is 0.143. The van der Waals surface area contributed by atoms with E-state index in [1.807, 2.05) is 0 Å². The van der Waals surface area contributed by atoms with Crippen LogP contribution in [0, 0.1) is 6.92 Å². The second-order valence-electron chi connectivity index (χ2n) is 9.16. The molecule has 1 aliphatic heterocycles. The zero-order chi connectivity index (χ0) is 21.6. The van der Waals surface area contributed by atoms with Gasteiger partial charge in [-0.05, 0) is 56.7 Å². The summed E-state index contributed by atoms with van der Waals surface area (Å²) in [6.45, 7) is 2.59. The van der Waals surface area contributed by atoms with E-state index in [2.05, 4.69) is 34.9 Å². The van der Waals surface area contributed by atoms with Gasteiger partial charge in [0.05, 0.1) is 18.3 Å². The highest BCUT2D eigenvalue weighted by Gasteiger charge is 2.38. The largest absolute Gasteiger partial charge is 0.503 e. The van der Waals surface area contributed by atoms with Crippen molar-refractivity contribution in [3.63, 3.8) is 0 Å². The van der Waals surface area contributed by atoms with Crippen LogP contribution in [0.1, 0.15) is 73.1 Å². The van der Waals surface area contributed by atoms with Crippen LogP contribution in [0.5, 0.6) is 5.75 Å². The highest BCUT2D eigenvalue weighted by Crippen LogP contribution is 2.41. The predicted molar refractivity (Wildman–Crippen MR) is 118 cm³/mol. The minimum atomic E-state index is -0.668. The second kappa shape index (κ2) is 7.62. The number of aromatic hydroxyl groups is 1. The molecule has 31 heavy (non-hydrogen) atoms. The topological polar surface area (TPSA) is 90.0 Å². The third-order valence-electron chi connectivity index (χ3n) is 6.96. The number of aryl methyl sites for hydroxylation is 2. The van der Waals surface area contributed by atoms with Gasteiger partial charge in [-0.15, -0.1) is 0 Å². The average Bonchev–Trinajstić information content (AvgIpc) is 3.35. The molecule has 7 heteroatoms.